The molecular weight excluding hydrogens is 158 g/mol. The number of unbranched alkanes of at least 4 members (excludes halogenated alkanes) is 1. The summed E-state index contributed by atoms with van der Waals surface area (Å²) in [6.07, 6.45) is 6.04. The number of hydrogen-bond acceptors (Lipinski definition) is 1. The lowest BCUT2D eigenvalue weighted by atomic mass is 10.2. The lowest BCUT2D eigenvalue weighted by molar-refractivity contribution is 0.274. The molecule has 13 heavy (non-hydrogen) atoms. The number of rotatable bonds is 6. The molecule has 78 valence electrons. The number of hydrogen-bond donors (Lipinski definition) is 0. The van der Waals surface area contributed by atoms with Crippen LogP contribution in [0.2, 0.25) is 0 Å². The van der Waals surface area contributed by atoms with Gasteiger partial charge in [0.25, 0.3) is 0 Å². The Kier molecular flexibility index (Phi) is 6.75. The monoisotopic (exact) mass is 183 g/mol. The van der Waals surface area contributed by atoms with Crippen LogP contribution in [0, 0.1) is 0 Å². The van der Waals surface area contributed by atoms with Gasteiger partial charge in [0, 0.05) is 18.3 Å². The van der Waals surface area contributed by atoms with Crippen molar-refractivity contribution in [1.29, 1.82) is 0 Å². The van der Waals surface area contributed by atoms with E-state index >= 15 is 0 Å². The van der Waals surface area contributed by atoms with Crippen LogP contribution in [0.15, 0.2) is 11.8 Å². The molecule has 0 N–H and O–H groups in total. The van der Waals surface area contributed by atoms with Crippen molar-refractivity contribution < 1.29 is 0 Å². The van der Waals surface area contributed by atoms with Gasteiger partial charge in [0.05, 0.1) is 0 Å². The van der Waals surface area contributed by atoms with Crippen LogP contribution >= 0.6 is 0 Å². The van der Waals surface area contributed by atoms with Gasteiger partial charge < -0.3 is 4.90 Å². The van der Waals surface area contributed by atoms with Crippen molar-refractivity contribution in [3.8, 4) is 0 Å². The Labute approximate surface area is 83.8 Å². The number of nitrogens with zero attached hydrogens (tertiary/aromatic N) is 1. The SMILES string of the molecule is CCC/C=C(/C)N(CC)[C@H](C)CC. The lowest BCUT2D eigenvalue weighted by Crippen LogP contribution is -2.30. The second kappa shape index (κ2) is 6.99. The van der Waals surface area contributed by atoms with Gasteiger partial charge in [-0.3, -0.25) is 0 Å². The van der Waals surface area contributed by atoms with Crippen LogP contribution in [-0.4, -0.2) is 17.5 Å². The van der Waals surface area contributed by atoms with Crippen LogP contribution in [0.25, 0.3) is 0 Å². The number of allylic oxidation sites excluding steroid dienone is 2. The van der Waals surface area contributed by atoms with E-state index in [9.17, 15) is 0 Å². The molecule has 0 unspecified atom stereocenters. The molecule has 1 atom stereocenters. The molecule has 0 saturated carbocycles. The first-order valence-electron chi connectivity index (χ1n) is 5.60. The zero-order chi connectivity index (χ0) is 10.3. The maximum Gasteiger partial charge on any atom is 0.0255 e. The summed E-state index contributed by atoms with van der Waals surface area (Å²) in [5.74, 6) is 0. The molecule has 0 saturated heterocycles. The summed E-state index contributed by atoms with van der Waals surface area (Å²) >= 11 is 0. The highest BCUT2D eigenvalue weighted by molar-refractivity contribution is 4.98. The third-order valence-electron chi connectivity index (χ3n) is 2.65. The van der Waals surface area contributed by atoms with E-state index in [1.807, 2.05) is 0 Å². The van der Waals surface area contributed by atoms with Crippen LogP contribution < -0.4 is 0 Å². The zero-order valence-corrected chi connectivity index (χ0v) is 9.93. The van der Waals surface area contributed by atoms with E-state index in [0.717, 1.165) is 6.54 Å². The highest BCUT2D eigenvalue weighted by atomic mass is 15.1. The molecule has 0 amide bonds. The van der Waals surface area contributed by atoms with Gasteiger partial charge in [0.1, 0.15) is 0 Å². The summed E-state index contributed by atoms with van der Waals surface area (Å²) in [5.41, 5.74) is 1.44. The average molecular weight is 183 g/mol. The lowest BCUT2D eigenvalue weighted by Gasteiger charge is -2.30. The molecule has 0 aromatic heterocycles. The quantitative estimate of drug-likeness (QED) is 0.605. The zero-order valence-electron chi connectivity index (χ0n) is 9.93. The van der Waals surface area contributed by atoms with E-state index in [4.69, 9.17) is 0 Å². The Morgan fingerprint density at radius 1 is 1.31 bits per heavy atom. The van der Waals surface area contributed by atoms with Crippen LogP contribution in [0.3, 0.4) is 0 Å². The van der Waals surface area contributed by atoms with Crippen molar-refractivity contribution in [2.24, 2.45) is 0 Å². The molecule has 1 heteroatoms. The summed E-state index contributed by atoms with van der Waals surface area (Å²) in [6, 6.07) is 0.679. The van der Waals surface area contributed by atoms with E-state index in [0.29, 0.717) is 6.04 Å². The molecule has 1 nitrogen and oxygen atoms in total. The van der Waals surface area contributed by atoms with Crippen molar-refractivity contribution in [3.05, 3.63) is 11.8 Å². The Bertz CT molecular complexity index is 149. The normalized spacial score (nSPS) is 14.4. The Morgan fingerprint density at radius 2 is 1.92 bits per heavy atom. The van der Waals surface area contributed by atoms with Crippen molar-refractivity contribution in [1.82, 2.24) is 4.90 Å². The Morgan fingerprint density at radius 3 is 2.31 bits per heavy atom. The van der Waals surface area contributed by atoms with Crippen molar-refractivity contribution in [2.45, 2.75) is 59.9 Å². The minimum absolute atomic E-state index is 0.679. The van der Waals surface area contributed by atoms with Crippen molar-refractivity contribution in [2.75, 3.05) is 6.54 Å². The predicted molar refractivity (Wildman–Crippen MR) is 60.8 cm³/mol. The molecule has 0 bridgehead atoms. The first-order chi connectivity index (χ1) is 6.17. The molecule has 0 radical (unpaired) electrons. The highest BCUT2D eigenvalue weighted by Crippen LogP contribution is 2.12. The second-order valence-electron chi connectivity index (χ2n) is 3.68. The van der Waals surface area contributed by atoms with Gasteiger partial charge >= 0.3 is 0 Å². The van der Waals surface area contributed by atoms with E-state index in [2.05, 4.69) is 45.6 Å². The largest absolute Gasteiger partial charge is 0.373 e. The summed E-state index contributed by atoms with van der Waals surface area (Å²) in [4.78, 5) is 2.48. The highest BCUT2D eigenvalue weighted by Gasteiger charge is 2.08. The van der Waals surface area contributed by atoms with E-state index in [1.165, 1.54) is 25.0 Å². The van der Waals surface area contributed by atoms with Crippen LogP contribution in [0.1, 0.15) is 53.9 Å². The molecule has 0 aliphatic carbocycles. The van der Waals surface area contributed by atoms with E-state index in [-0.39, 0.29) is 0 Å². The molecule has 0 aromatic carbocycles. The van der Waals surface area contributed by atoms with E-state index in [1.54, 1.807) is 0 Å². The standard InChI is InChI=1S/C12H25N/c1-6-9-10-12(5)13(8-3)11(4)7-2/h10-11H,6-9H2,1-5H3/b12-10-/t11-/m1/s1. The first kappa shape index (κ1) is 12.5. The molecule has 0 fully saturated rings. The van der Waals surface area contributed by atoms with Gasteiger partial charge in [-0.25, -0.2) is 0 Å². The molecular formula is C12H25N. The fourth-order valence-corrected chi connectivity index (χ4v) is 1.60. The van der Waals surface area contributed by atoms with Gasteiger partial charge in [0.15, 0.2) is 0 Å². The second-order valence-corrected chi connectivity index (χ2v) is 3.68. The van der Waals surface area contributed by atoms with Gasteiger partial charge in [-0.1, -0.05) is 26.3 Å². The summed E-state index contributed by atoms with van der Waals surface area (Å²) in [6.45, 7) is 12.4. The Hall–Kier alpha value is -0.460. The van der Waals surface area contributed by atoms with Crippen LogP contribution in [0.4, 0.5) is 0 Å². The minimum Gasteiger partial charge on any atom is -0.373 e. The van der Waals surface area contributed by atoms with Gasteiger partial charge in [-0.2, -0.15) is 0 Å². The van der Waals surface area contributed by atoms with Gasteiger partial charge in [-0.05, 0) is 33.6 Å². The van der Waals surface area contributed by atoms with E-state index < -0.39 is 0 Å². The van der Waals surface area contributed by atoms with Gasteiger partial charge in [-0.15, -0.1) is 0 Å². The summed E-state index contributed by atoms with van der Waals surface area (Å²) in [7, 11) is 0. The minimum atomic E-state index is 0.679. The fourth-order valence-electron chi connectivity index (χ4n) is 1.60. The average Bonchev–Trinajstić information content (AvgIpc) is 2.15. The van der Waals surface area contributed by atoms with Crippen LogP contribution in [-0.2, 0) is 0 Å². The topological polar surface area (TPSA) is 3.24 Å². The predicted octanol–water partition coefficient (Wildman–Crippen LogP) is 3.81. The molecule has 0 spiro atoms. The van der Waals surface area contributed by atoms with Gasteiger partial charge in [0.2, 0.25) is 0 Å². The van der Waals surface area contributed by atoms with Crippen molar-refractivity contribution in [3.63, 3.8) is 0 Å². The molecule has 0 aromatic rings. The summed E-state index contributed by atoms with van der Waals surface area (Å²) < 4.78 is 0. The van der Waals surface area contributed by atoms with Crippen LogP contribution in [0.5, 0.6) is 0 Å². The molecule has 0 rings (SSSR count). The third-order valence-corrected chi connectivity index (χ3v) is 2.65. The first-order valence-corrected chi connectivity index (χ1v) is 5.60. The maximum absolute atomic E-state index is 2.48. The Balaban J connectivity index is 4.21. The molecule has 0 aliphatic heterocycles. The van der Waals surface area contributed by atoms with Crippen molar-refractivity contribution >= 4 is 0 Å². The molecule has 0 aliphatic rings. The maximum atomic E-state index is 2.48. The smallest absolute Gasteiger partial charge is 0.0255 e. The fraction of sp³-hybridized carbons (Fsp3) is 0.833. The summed E-state index contributed by atoms with van der Waals surface area (Å²) in [5, 5.41) is 0. The third kappa shape index (κ3) is 4.35. The molecule has 0 heterocycles.